The highest BCUT2D eigenvalue weighted by Crippen LogP contribution is 2.42. The maximum atomic E-state index is 7.34. The van der Waals surface area contributed by atoms with Crippen molar-refractivity contribution in [3.8, 4) is 0 Å². The van der Waals surface area contributed by atoms with E-state index in [-0.39, 0.29) is 46.6 Å². The molecular weight excluding hydrogens is 703 g/mol. The Morgan fingerprint density at radius 1 is 0.685 bits per heavy atom. The van der Waals surface area contributed by atoms with Crippen molar-refractivity contribution in [3.63, 3.8) is 0 Å². The summed E-state index contributed by atoms with van der Waals surface area (Å²) in [7, 11) is -4.33. The van der Waals surface area contributed by atoms with Crippen molar-refractivity contribution >= 4 is 16.6 Å². The first-order valence-electron chi connectivity index (χ1n) is 22.2. The Bertz CT molecular complexity index is 1120. The van der Waals surface area contributed by atoms with Crippen LogP contribution in [0, 0.1) is 17.8 Å². The van der Waals surface area contributed by atoms with Crippen molar-refractivity contribution < 1.29 is 23.1 Å². The zero-order valence-corrected chi connectivity index (χ0v) is 39.9. The van der Waals surface area contributed by atoms with Crippen LogP contribution in [0.2, 0.25) is 36.3 Å². The van der Waals surface area contributed by atoms with Gasteiger partial charge in [-0.25, -0.2) is 0 Å². The van der Waals surface area contributed by atoms with Gasteiger partial charge in [-0.3, -0.25) is 0 Å². The van der Waals surface area contributed by atoms with E-state index in [0.717, 1.165) is 12.8 Å². The van der Waals surface area contributed by atoms with Crippen molar-refractivity contribution in [2.75, 3.05) is 13.2 Å². The Kier molecular flexibility index (Phi) is 21.8. The molecule has 0 bridgehead atoms. The van der Waals surface area contributed by atoms with Crippen molar-refractivity contribution in [2.24, 2.45) is 23.5 Å². The fraction of sp³-hybridized carbons (Fsp3) is 0.870. The van der Waals surface area contributed by atoms with E-state index in [4.69, 9.17) is 28.8 Å². The molecule has 1 saturated heterocycles. The van der Waals surface area contributed by atoms with E-state index in [1.807, 2.05) is 6.07 Å². The molecule has 0 aromatic heterocycles. The van der Waals surface area contributed by atoms with Crippen molar-refractivity contribution in [2.45, 2.75) is 226 Å². The third-order valence-corrected chi connectivity index (χ3v) is 22.4. The molecule has 0 aliphatic carbocycles. The van der Waals surface area contributed by atoms with Crippen molar-refractivity contribution in [3.05, 3.63) is 35.9 Å². The highest BCUT2D eigenvalue weighted by atomic mass is 28.4. The molecule has 0 radical (unpaired) electrons. The number of nitrogens with two attached hydrogens (primary N) is 1. The lowest BCUT2D eigenvalue weighted by Crippen LogP contribution is -2.58. The molecule has 8 atom stereocenters. The van der Waals surface area contributed by atoms with Crippen LogP contribution < -0.4 is 5.73 Å². The second-order valence-electron chi connectivity index (χ2n) is 20.1. The van der Waals surface area contributed by atoms with E-state index in [1.165, 1.54) is 76.2 Å². The summed E-state index contributed by atoms with van der Waals surface area (Å²) in [5, 5.41) is 0.128. The molecule has 8 heteroatoms. The first-order valence-corrected chi connectivity index (χ1v) is 28.0. The number of hydrogen-bond donors (Lipinski definition) is 1. The van der Waals surface area contributed by atoms with Gasteiger partial charge in [-0.05, 0) is 60.1 Å². The fourth-order valence-electron chi connectivity index (χ4n) is 7.02. The lowest BCUT2D eigenvalue weighted by molar-refractivity contribution is -0.260. The Morgan fingerprint density at radius 3 is 1.70 bits per heavy atom. The molecule has 0 saturated carbocycles. The largest absolute Gasteiger partial charge is 0.411 e. The van der Waals surface area contributed by atoms with Crippen LogP contribution in [-0.2, 0) is 29.7 Å². The lowest BCUT2D eigenvalue weighted by atomic mass is 9.79. The first kappa shape index (κ1) is 49.6. The summed E-state index contributed by atoms with van der Waals surface area (Å²) in [5.74, 6) is 1.01. The SMILES string of the molecule is CCCCCCCCCCCCCC[C@@H](O[Si](C)(C)C(C)(C)C)[C@@H](O[Si](C)(C)C(C)(C)C)[C@@H](N)CO[C@H]1OC(COCc2ccccc2)[C@H](C)[C@H](C)C1C. The van der Waals surface area contributed by atoms with Crippen LogP contribution in [0.15, 0.2) is 30.3 Å². The van der Waals surface area contributed by atoms with E-state index in [1.54, 1.807) is 0 Å². The molecule has 2 N–H and O–H groups in total. The van der Waals surface area contributed by atoms with Gasteiger partial charge < -0.3 is 28.8 Å². The van der Waals surface area contributed by atoms with Crippen LogP contribution in [0.25, 0.3) is 0 Å². The van der Waals surface area contributed by atoms with E-state index in [2.05, 4.69) is 120 Å². The standard InChI is InChI=1S/C46H89NO5Si2/c1-15-16-17-18-19-20-21-22-23-24-25-29-32-41(51-53(11,12)45(5,6)7)43(52-54(13,14)46(8,9)10)40(47)34-49-44-38(4)36(2)37(3)42(50-44)35-48-33-39-30-27-26-28-31-39/h26-28,30-31,36-38,40-44H,15-25,29,32-35,47H2,1-14H3/t36-,37+,38?,40-,41+,42?,43-,44-/m0/s1. The van der Waals surface area contributed by atoms with Crippen molar-refractivity contribution in [1.82, 2.24) is 0 Å². The Hall–Kier alpha value is -0.586. The van der Waals surface area contributed by atoms with Crippen LogP contribution in [0.3, 0.4) is 0 Å². The summed E-state index contributed by atoms with van der Waals surface area (Å²) in [4.78, 5) is 0. The minimum Gasteiger partial charge on any atom is -0.411 e. The molecule has 1 aliphatic heterocycles. The highest BCUT2D eigenvalue weighted by molar-refractivity contribution is 6.74. The van der Waals surface area contributed by atoms with Gasteiger partial charge in [0.1, 0.15) is 0 Å². The van der Waals surface area contributed by atoms with E-state index in [0.29, 0.717) is 31.7 Å². The molecule has 1 aromatic carbocycles. The maximum absolute atomic E-state index is 7.34. The van der Waals surface area contributed by atoms with Gasteiger partial charge in [-0.2, -0.15) is 0 Å². The third kappa shape index (κ3) is 16.7. The number of unbranched alkanes of at least 4 members (excludes halogenated alkanes) is 11. The second kappa shape index (κ2) is 23.7. The summed E-state index contributed by atoms with van der Waals surface area (Å²) in [5.41, 5.74) is 8.44. The molecule has 54 heavy (non-hydrogen) atoms. The smallest absolute Gasteiger partial charge is 0.192 e. The van der Waals surface area contributed by atoms with Crippen LogP contribution >= 0.6 is 0 Å². The van der Waals surface area contributed by atoms with Crippen LogP contribution in [0.4, 0.5) is 0 Å². The van der Waals surface area contributed by atoms with E-state index >= 15 is 0 Å². The summed E-state index contributed by atoms with van der Waals surface area (Å²) < 4.78 is 34.2. The average molecular weight is 792 g/mol. The number of benzene rings is 1. The van der Waals surface area contributed by atoms with Crippen LogP contribution in [0.1, 0.15) is 158 Å². The Labute approximate surface area is 337 Å². The van der Waals surface area contributed by atoms with Crippen LogP contribution in [-0.4, -0.2) is 60.5 Å². The lowest BCUT2D eigenvalue weighted by Gasteiger charge is -2.47. The number of ether oxygens (including phenoxy) is 3. The molecule has 6 nitrogen and oxygen atoms in total. The average Bonchev–Trinajstić information content (AvgIpc) is 3.09. The normalized spacial score (nSPS) is 23.4. The molecule has 1 fully saturated rings. The first-order chi connectivity index (χ1) is 25.2. The quantitative estimate of drug-likeness (QED) is 0.0744. The predicted octanol–water partition coefficient (Wildman–Crippen LogP) is 13.1. The third-order valence-electron chi connectivity index (χ3n) is 13.4. The molecule has 1 aliphatic rings. The molecule has 316 valence electrons. The molecule has 2 rings (SSSR count). The van der Waals surface area contributed by atoms with Gasteiger partial charge in [0.2, 0.25) is 0 Å². The summed E-state index contributed by atoms with van der Waals surface area (Å²) in [6, 6.07) is 10.0. The maximum Gasteiger partial charge on any atom is 0.192 e. The topological polar surface area (TPSA) is 72.2 Å². The molecule has 1 heterocycles. The zero-order valence-electron chi connectivity index (χ0n) is 37.9. The Balaban J connectivity index is 2.16. The van der Waals surface area contributed by atoms with E-state index in [9.17, 15) is 0 Å². The Morgan fingerprint density at radius 2 is 1.19 bits per heavy atom. The zero-order chi connectivity index (χ0) is 40.6. The van der Waals surface area contributed by atoms with Gasteiger partial charge in [0.05, 0.1) is 44.2 Å². The van der Waals surface area contributed by atoms with E-state index < -0.39 is 16.6 Å². The van der Waals surface area contributed by atoms with Crippen LogP contribution in [0.5, 0.6) is 0 Å². The van der Waals surface area contributed by atoms with Gasteiger partial charge >= 0.3 is 0 Å². The number of rotatable bonds is 26. The minimum atomic E-state index is -2.20. The van der Waals surface area contributed by atoms with Gasteiger partial charge in [-0.15, -0.1) is 0 Å². The molecule has 2 unspecified atom stereocenters. The molecule has 1 aromatic rings. The predicted molar refractivity (Wildman–Crippen MR) is 236 cm³/mol. The monoisotopic (exact) mass is 792 g/mol. The van der Waals surface area contributed by atoms with Crippen molar-refractivity contribution in [1.29, 1.82) is 0 Å². The summed E-state index contributed by atoms with van der Waals surface area (Å²) >= 11 is 0. The molecule has 0 spiro atoms. The number of hydrogen-bond acceptors (Lipinski definition) is 6. The molecular formula is C46H89NO5Si2. The summed E-state index contributed by atoms with van der Waals surface area (Å²) in [6.07, 6.45) is 16.3. The van der Waals surface area contributed by atoms with Gasteiger partial charge in [0.15, 0.2) is 22.9 Å². The van der Waals surface area contributed by atoms with Gasteiger partial charge in [-0.1, -0.05) is 177 Å². The summed E-state index contributed by atoms with van der Waals surface area (Å²) in [6.45, 7) is 34.0. The molecule has 0 amide bonds. The minimum absolute atomic E-state index is 0.0409. The fourth-order valence-corrected chi connectivity index (χ4v) is 9.75. The van der Waals surface area contributed by atoms with Gasteiger partial charge in [0, 0.05) is 5.92 Å². The highest BCUT2D eigenvalue weighted by Gasteiger charge is 2.47. The van der Waals surface area contributed by atoms with Gasteiger partial charge in [0.25, 0.3) is 0 Å². The second-order valence-corrected chi connectivity index (χ2v) is 29.6.